The standard InChI is InChI=1S/C33H40F3N5O4S/c1-6-44-31(43)26-24(38-28(29-37-10-11-46-29)39-27(26)21-8-7-9-23(34)18(21)2)15-41-17-33(35,36)22-14-40(16-25(22)41)20-12-19(13-20)30(42)45-32(3,4)5/h7-11,19-20,22,25,27H,6,12-17H2,1-5H3,(H,38,39)/t19?,20?,22-,25+,27+/m1/s1. The first-order valence-corrected chi connectivity index (χ1v) is 16.6. The summed E-state index contributed by atoms with van der Waals surface area (Å²) in [7, 11) is 0. The Labute approximate surface area is 270 Å². The molecule has 13 heteroatoms. The number of ether oxygens (including phenoxy) is 2. The lowest BCUT2D eigenvalue weighted by Crippen LogP contribution is -2.49. The molecule has 248 valence electrons. The number of hydrogen-bond donors (Lipinski definition) is 1. The zero-order chi connectivity index (χ0) is 33.0. The number of carbonyl (C=O) groups excluding carboxylic acids is 2. The summed E-state index contributed by atoms with van der Waals surface area (Å²) in [4.78, 5) is 39.1. The number of esters is 2. The molecular formula is C33H40F3N5O4S. The number of fused-ring (bicyclic) bond motifs is 1. The molecule has 4 aliphatic rings. The van der Waals surface area contributed by atoms with Gasteiger partial charge in [-0.3, -0.25) is 19.6 Å². The van der Waals surface area contributed by atoms with Crippen molar-refractivity contribution in [1.82, 2.24) is 20.1 Å². The highest BCUT2D eigenvalue weighted by atomic mass is 32.1. The molecule has 0 amide bonds. The summed E-state index contributed by atoms with van der Waals surface area (Å²) in [6.45, 7) is 9.11. The van der Waals surface area contributed by atoms with Gasteiger partial charge in [0.25, 0.3) is 5.92 Å². The Morgan fingerprint density at radius 2 is 1.96 bits per heavy atom. The van der Waals surface area contributed by atoms with Gasteiger partial charge in [-0.2, -0.15) is 0 Å². The third-order valence-electron chi connectivity index (χ3n) is 9.33. The molecular weight excluding hydrogens is 619 g/mol. The van der Waals surface area contributed by atoms with Gasteiger partial charge in [-0.25, -0.2) is 22.9 Å². The van der Waals surface area contributed by atoms with Crippen molar-refractivity contribution in [3.8, 4) is 0 Å². The lowest BCUT2D eigenvalue weighted by atomic mass is 9.79. The molecule has 1 N–H and O–H groups in total. The van der Waals surface area contributed by atoms with Gasteiger partial charge in [0.05, 0.1) is 30.6 Å². The summed E-state index contributed by atoms with van der Waals surface area (Å²) in [6, 6.07) is 3.26. The third kappa shape index (κ3) is 6.33. The number of halogens is 3. The van der Waals surface area contributed by atoms with Gasteiger partial charge in [-0.05, 0) is 64.7 Å². The van der Waals surface area contributed by atoms with Crippen LogP contribution in [0.3, 0.4) is 0 Å². The fourth-order valence-corrected chi connectivity index (χ4v) is 7.60. The third-order valence-corrected chi connectivity index (χ3v) is 10.1. The molecule has 6 rings (SSSR count). The van der Waals surface area contributed by atoms with E-state index in [9.17, 15) is 14.0 Å². The molecule has 1 aromatic carbocycles. The van der Waals surface area contributed by atoms with E-state index in [1.165, 1.54) is 17.4 Å². The molecule has 3 aliphatic heterocycles. The topological polar surface area (TPSA) is 96.4 Å². The summed E-state index contributed by atoms with van der Waals surface area (Å²) < 4.78 is 57.0. The van der Waals surface area contributed by atoms with E-state index in [0.717, 1.165) is 0 Å². The molecule has 46 heavy (non-hydrogen) atoms. The maximum absolute atomic E-state index is 15.6. The van der Waals surface area contributed by atoms with Crippen molar-refractivity contribution < 1.29 is 32.2 Å². The summed E-state index contributed by atoms with van der Waals surface area (Å²) in [5.74, 6) is -5.00. The summed E-state index contributed by atoms with van der Waals surface area (Å²) >= 11 is 1.34. The quantitative estimate of drug-likeness (QED) is 0.402. The normalized spacial score (nSPS) is 27.9. The van der Waals surface area contributed by atoms with E-state index in [1.54, 1.807) is 42.5 Å². The van der Waals surface area contributed by atoms with Crippen molar-refractivity contribution >= 4 is 29.1 Å². The van der Waals surface area contributed by atoms with Crippen LogP contribution in [0.2, 0.25) is 0 Å². The van der Waals surface area contributed by atoms with Gasteiger partial charge in [0.2, 0.25) is 0 Å². The molecule has 0 spiro atoms. The van der Waals surface area contributed by atoms with E-state index in [0.29, 0.717) is 47.1 Å². The van der Waals surface area contributed by atoms with E-state index in [-0.39, 0.29) is 43.2 Å². The second kappa shape index (κ2) is 12.4. The SMILES string of the molecule is CCOC(=O)C1=C(CN2CC(F)(F)[C@@H]3CN(C4CC(C(=O)OC(C)(C)C)C4)C[C@@H]32)NC(c2nccs2)=N[C@H]1c1cccc(F)c1C. The number of alkyl halides is 2. The number of carbonyl (C=O) groups is 2. The number of rotatable bonds is 8. The fourth-order valence-electron chi connectivity index (χ4n) is 7.01. The molecule has 9 nitrogen and oxygen atoms in total. The first-order valence-electron chi connectivity index (χ1n) is 15.7. The van der Waals surface area contributed by atoms with Crippen LogP contribution in [0.4, 0.5) is 13.2 Å². The first kappa shape index (κ1) is 32.6. The number of aliphatic imine (C=N–C) groups is 1. The van der Waals surface area contributed by atoms with Crippen molar-refractivity contribution in [1.29, 1.82) is 0 Å². The Morgan fingerprint density at radius 1 is 1.20 bits per heavy atom. The first-order chi connectivity index (χ1) is 21.8. The van der Waals surface area contributed by atoms with Gasteiger partial charge < -0.3 is 14.8 Å². The average molecular weight is 660 g/mol. The van der Waals surface area contributed by atoms with E-state index in [1.807, 2.05) is 20.8 Å². The van der Waals surface area contributed by atoms with Crippen molar-refractivity contribution in [2.75, 3.05) is 32.8 Å². The Kier molecular flexibility index (Phi) is 8.79. The van der Waals surface area contributed by atoms with Crippen LogP contribution < -0.4 is 5.32 Å². The molecule has 1 aromatic heterocycles. The number of nitrogens with one attached hydrogen (secondary N) is 1. The highest BCUT2D eigenvalue weighted by Crippen LogP contribution is 2.46. The lowest BCUT2D eigenvalue weighted by Gasteiger charge is -2.41. The van der Waals surface area contributed by atoms with Crippen LogP contribution in [0.15, 0.2) is 46.0 Å². The van der Waals surface area contributed by atoms with Crippen LogP contribution in [-0.2, 0) is 19.1 Å². The van der Waals surface area contributed by atoms with Crippen LogP contribution >= 0.6 is 11.3 Å². The molecule has 0 radical (unpaired) electrons. The zero-order valence-electron chi connectivity index (χ0n) is 26.7. The van der Waals surface area contributed by atoms with Gasteiger partial charge in [0.1, 0.15) is 17.5 Å². The molecule has 0 bridgehead atoms. The number of thiazole rings is 1. The van der Waals surface area contributed by atoms with Gasteiger partial charge >= 0.3 is 11.9 Å². The Balaban J connectivity index is 1.28. The molecule has 0 unspecified atom stereocenters. The van der Waals surface area contributed by atoms with Gasteiger partial charge in [0, 0.05) is 49.0 Å². The maximum atomic E-state index is 15.6. The minimum atomic E-state index is -2.95. The average Bonchev–Trinajstić information content (AvgIpc) is 3.67. The number of aromatic nitrogens is 1. The minimum absolute atomic E-state index is 0.0131. The molecule has 1 aliphatic carbocycles. The highest BCUT2D eigenvalue weighted by molar-refractivity contribution is 7.11. The maximum Gasteiger partial charge on any atom is 0.338 e. The predicted molar refractivity (Wildman–Crippen MR) is 167 cm³/mol. The molecule has 4 heterocycles. The van der Waals surface area contributed by atoms with Crippen LogP contribution in [-0.4, -0.2) is 89.0 Å². The van der Waals surface area contributed by atoms with Crippen molar-refractivity contribution in [3.05, 3.63) is 63.0 Å². The van der Waals surface area contributed by atoms with Crippen molar-refractivity contribution in [2.45, 2.75) is 77.1 Å². The smallest absolute Gasteiger partial charge is 0.338 e. The van der Waals surface area contributed by atoms with Crippen LogP contribution in [0.5, 0.6) is 0 Å². The second-order valence-electron chi connectivity index (χ2n) is 13.6. The highest BCUT2D eigenvalue weighted by Gasteiger charge is 2.59. The molecule has 2 aromatic rings. The van der Waals surface area contributed by atoms with E-state index in [2.05, 4.69) is 15.2 Å². The van der Waals surface area contributed by atoms with E-state index >= 15 is 8.78 Å². The van der Waals surface area contributed by atoms with E-state index in [4.69, 9.17) is 14.5 Å². The minimum Gasteiger partial charge on any atom is -0.463 e. The van der Waals surface area contributed by atoms with Gasteiger partial charge in [-0.15, -0.1) is 11.3 Å². The summed E-state index contributed by atoms with van der Waals surface area (Å²) in [5.41, 5.74) is 0.794. The van der Waals surface area contributed by atoms with Gasteiger partial charge in [-0.1, -0.05) is 12.1 Å². The Morgan fingerprint density at radius 3 is 2.63 bits per heavy atom. The molecule has 3 atom stereocenters. The van der Waals surface area contributed by atoms with Gasteiger partial charge in [0.15, 0.2) is 10.8 Å². The van der Waals surface area contributed by atoms with Crippen LogP contribution in [0, 0.1) is 24.6 Å². The number of hydrogen-bond acceptors (Lipinski definition) is 10. The van der Waals surface area contributed by atoms with Crippen LogP contribution in [0.1, 0.15) is 62.7 Å². The van der Waals surface area contributed by atoms with Crippen molar-refractivity contribution in [3.63, 3.8) is 0 Å². The molecule has 3 fully saturated rings. The number of amidine groups is 1. The number of likely N-dealkylation sites (tertiary alicyclic amines) is 2. The lowest BCUT2D eigenvalue weighted by molar-refractivity contribution is -0.165. The Bertz CT molecular complexity index is 1550. The Hall–Kier alpha value is -3.29. The number of nitrogens with zero attached hydrogens (tertiary/aromatic N) is 4. The zero-order valence-corrected chi connectivity index (χ0v) is 27.5. The summed E-state index contributed by atoms with van der Waals surface area (Å²) in [6.07, 6.45) is 2.80. The van der Waals surface area contributed by atoms with E-state index < -0.39 is 47.9 Å². The second-order valence-corrected chi connectivity index (χ2v) is 14.5. The number of benzene rings is 1. The van der Waals surface area contributed by atoms with Crippen LogP contribution in [0.25, 0.3) is 0 Å². The monoisotopic (exact) mass is 659 g/mol. The largest absolute Gasteiger partial charge is 0.463 e. The summed E-state index contributed by atoms with van der Waals surface area (Å²) in [5, 5.41) is 5.58. The molecule has 1 saturated carbocycles. The molecule has 2 saturated heterocycles. The van der Waals surface area contributed by atoms with Crippen molar-refractivity contribution in [2.24, 2.45) is 16.8 Å². The predicted octanol–water partition coefficient (Wildman–Crippen LogP) is 4.87. The fraction of sp³-hybridized carbons (Fsp3) is 0.576.